The standard InChI is InChI=1S/C23H27N3O8/c1-14-8-7-9-15(2)24(14)23(27)34-22(16-10-5-6-11-18(16)25(28)29)17-12-20(32-3)21(33-4)13-19(17)26(30)31/h5-6,10-15,22H,7-9H2,1-4H3. The first-order valence-corrected chi connectivity index (χ1v) is 10.8. The molecule has 11 heteroatoms. The van der Waals surface area contributed by atoms with Crippen LogP contribution >= 0.6 is 0 Å². The quantitative estimate of drug-likeness (QED) is 0.405. The van der Waals surface area contributed by atoms with Gasteiger partial charge in [0, 0.05) is 18.2 Å². The van der Waals surface area contributed by atoms with E-state index in [2.05, 4.69) is 0 Å². The molecule has 3 atom stereocenters. The van der Waals surface area contributed by atoms with Gasteiger partial charge in [0.1, 0.15) is 0 Å². The molecule has 1 fully saturated rings. The largest absolute Gasteiger partial charge is 0.493 e. The molecule has 3 unspecified atom stereocenters. The molecule has 3 rings (SSSR count). The van der Waals surface area contributed by atoms with Gasteiger partial charge < -0.3 is 19.1 Å². The number of amides is 1. The molecular formula is C23H27N3O8. The third-order valence-electron chi connectivity index (χ3n) is 6.05. The smallest absolute Gasteiger partial charge is 0.411 e. The Morgan fingerprint density at radius 2 is 1.50 bits per heavy atom. The summed E-state index contributed by atoms with van der Waals surface area (Å²) < 4.78 is 16.3. The second kappa shape index (κ2) is 10.4. The summed E-state index contributed by atoms with van der Waals surface area (Å²) in [6, 6.07) is 7.94. The number of rotatable bonds is 7. The summed E-state index contributed by atoms with van der Waals surface area (Å²) in [5, 5.41) is 23.7. The van der Waals surface area contributed by atoms with Gasteiger partial charge in [0.05, 0.1) is 41.3 Å². The van der Waals surface area contributed by atoms with Gasteiger partial charge in [-0.25, -0.2) is 4.79 Å². The number of methoxy groups -OCH3 is 2. The monoisotopic (exact) mass is 473 g/mol. The van der Waals surface area contributed by atoms with Crippen LogP contribution in [0.5, 0.6) is 11.5 Å². The van der Waals surface area contributed by atoms with E-state index in [0.29, 0.717) is 0 Å². The third kappa shape index (κ3) is 4.87. The van der Waals surface area contributed by atoms with Gasteiger partial charge in [-0.3, -0.25) is 20.2 Å². The zero-order valence-electron chi connectivity index (χ0n) is 19.4. The maximum absolute atomic E-state index is 13.3. The molecule has 1 aliphatic heterocycles. The lowest BCUT2D eigenvalue weighted by Crippen LogP contribution is -2.48. The van der Waals surface area contributed by atoms with E-state index in [1.54, 1.807) is 11.0 Å². The van der Waals surface area contributed by atoms with Gasteiger partial charge in [0.2, 0.25) is 0 Å². The number of nitrogens with zero attached hydrogens (tertiary/aromatic N) is 3. The van der Waals surface area contributed by atoms with Crippen LogP contribution in [0.1, 0.15) is 50.3 Å². The second-order valence-electron chi connectivity index (χ2n) is 8.14. The molecule has 1 heterocycles. The molecule has 2 aromatic carbocycles. The average Bonchev–Trinajstić information content (AvgIpc) is 2.81. The highest BCUT2D eigenvalue weighted by Gasteiger charge is 2.37. The van der Waals surface area contributed by atoms with Crippen molar-refractivity contribution in [1.29, 1.82) is 0 Å². The van der Waals surface area contributed by atoms with Crippen LogP contribution in [0.15, 0.2) is 36.4 Å². The number of ether oxygens (including phenoxy) is 3. The number of nitro groups is 2. The van der Waals surface area contributed by atoms with Crippen molar-refractivity contribution >= 4 is 17.5 Å². The molecule has 182 valence electrons. The first-order valence-electron chi connectivity index (χ1n) is 10.8. The molecule has 0 N–H and O–H groups in total. The Labute approximate surface area is 196 Å². The molecule has 0 aromatic heterocycles. The number of para-hydroxylation sites is 1. The normalized spacial score (nSPS) is 18.6. The molecule has 2 aromatic rings. The number of carbonyl (C=O) groups excluding carboxylic acids is 1. The van der Waals surface area contributed by atoms with Crippen LogP contribution in [0.25, 0.3) is 0 Å². The van der Waals surface area contributed by atoms with Gasteiger partial charge in [-0.05, 0) is 45.2 Å². The van der Waals surface area contributed by atoms with Crippen LogP contribution in [-0.4, -0.2) is 47.1 Å². The first kappa shape index (κ1) is 24.7. The summed E-state index contributed by atoms with van der Waals surface area (Å²) in [6.07, 6.45) is 0.390. The molecule has 1 saturated heterocycles. The number of hydrogen-bond acceptors (Lipinski definition) is 8. The van der Waals surface area contributed by atoms with Gasteiger partial charge in [0.25, 0.3) is 11.4 Å². The SMILES string of the molecule is COc1cc(C(OC(=O)N2C(C)CCCC2C)c2ccccc2[N+](=O)[O-])c([N+](=O)[O-])cc1OC. The Morgan fingerprint density at radius 1 is 0.941 bits per heavy atom. The van der Waals surface area contributed by atoms with E-state index in [4.69, 9.17) is 14.2 Å². The summed E-state index contributed by atoms with van der Waals surface area (Å²) in [6.45, 7) is 3.80. The predicted octanol–water partition coefficient (Wildman–Crippen LogP) is 5.01. The lowest BCUT2D eigenvalue weighted by molar-refractivity contribution is -0.387. The molecule has 1 aliphatic rings. The predicted molar refractivity (Wildman–Crippen MR) is 122 cm³/mol. The minimum absolute atomic E-state index is 0.00786. The van der Waals surface area contributed by atoms with E-state index >= 15 is 0 Å². The van der Waals surface area contributed by atoms with E-state index in [1.165, 1.54) is 38.5 Å². The third-order valence-corrected chi connectivity index (χ3v) is 6.05. The molecule has 0 aliphatic carbocycles. The molecular weight excluding hydrogens is 446 g/mol. The van der Waals surface area contributed by atoms with Gasteiger partial charge in [-0.1, -0.05) is 12.1 Å². The van der Waals surface area contributed by atoms with Crippen molar-refractivity contribution in [2.24, 2.45) is 0 Å². The first-order chi connectivity index (χ1) is 16.2. The Kier molecular flexibility index (Phi) is 7.54. The molecule has 11 nitrogen and oxygen atoms in total. The maximum atomic E-state index is 13.3. The Hall–Kier alpha value is -3.89. The van der Waals surface area contributed by atoms with E-state index in [-0.39, 0.29) is 40.4 Å². The number of hydrogen-bond donors (Lipinski definition) is 0. The van der Waals surface area contributed by atoms with Gasteiger partial charge in [-0.2, -0.15) is 0 Å². The Morgan fingerprint density at radius 3 is 2.06 bits per heavy atom. The zero-order chi connectivity index (χ0) is 25.0. The highest BCUT2D eigenvalue weighted by Crippen LogP contribution is 2.43. The van der Waals surface area contributed by atoms with Crippen LogP contribution in [0.2, 0.25) is 0 Å². The van der Waals surface area contributed by atoms with E-state index in [0.717, 1.165) is 25.3 Å². The number of nitro benzene ring substituents is 2. The fourth-order valence-electron chi connectivity index (χ4n) is 4.36. The summed E-state index contributed by atoms with van der Waals surface area (Å²) in [7, 11) is 2.69. The van der Waals surface area contributed by atoms with Crippen LogP contribution in [0.4, 0.5) is 16.2 Å². The van der Waals surface area contributed by atoms with Crippen LogP contribution in [0.3, 0.4) is 0 Å². The summed E-state index contributed by atoms with van der Waals surface area (Å²) in [4.78, 5) is 37.4. The van der Waals surface area contributed by atoms with E-state index in [9.17, 15) is 25.0 Å². The van der Waals surface area contributed by atoms with Gasteiger partial charge in [-0.15, -0.1) is 0 Å². The second-order valence-corrected chi connectivity index (χ2v) is 8.14. The van der Waals surface area contributed by atoms with Crippen molar-refractivity contribution in [2.75, 3.05) is 14.2 Å². The van der Waals surface area contributed by atoms with Crippen molar-refractivity contribution in [2.45, 2.75) is 51.3 Å². The average molecular weight is 473 g/mol. The topological polar surface area (TPSA) is 134 Å². The van der Waals surface area contributed by atoms with Crippen molar-refractivity contribution in [3.05, 3.63) is 67.8 Å². The van der Waals surface area contributed by atoms with E-state index < -0.39 is 27.7 Å². The van der Waals surface area contributed by atoms with E-state index in [1.807, 2.05) is 13.8 Å². The van der Waals surface area contributed by atoms with Gasteiger partial charge >= 0.3 is 6.09 Å². The fourth-order valence-corrected chi connectivity index (χ4v) is 4.36. The lowest BCUT2D eigenvalue weighted by Gasteiger charge is -2.38. The highest BCUT2D eigenvalue weighted by atomic mass is 16.6. The van der Waals surface area contributed by atoms with Crippen LogP contribution < -0.4 is 9.47 Å². The molecule has 0 saturated carbocycles. The molecule has 0 radical (unpaired) electrons. The van der Waals surface area contributed by atoms with Gasteiger partial charge in [0.15, 0.2) is 17.6 Å². The van der Waals surface area contributed by atoms with Crippen molar-refractivity contribution in [3.63, 3.8) is 0 Å². The number of carbonyl (C=O) groups is 1. The number of likely N-dealkylation sites (tertiary alicyclic amines) is 1. The minimum atomic E-state index is -1.43. The van der Waals surface area contributed by atoms with Crippen LogP contribution in [-0.2, 0) is 4.74 Å². The minimum Gasteiger partial charge on any atom is -0.493 e. The number of benzene rings is 2. The van der Waals surface area contributed by atoms with Crippen molar-refractivity contribution in [1.82, 2.24) is 4.90 Å². The summed E-state index contributed by atoms with van der Waals surface area (Å²) in [5.74, 6) is 0.256. The van der Waals surface area contributed by atoms with Crippen LogP contribution in [0, 0.1) is 20.2 Å². The van der Waals surface area contributed by atoms with Crippen molar-refractivity contribution in [3.8, 4) is 11.5 Å². The maximum Gasteiger partial charge on any atom is 0.411 e. The summed E-state index contributed by atoms with van der Waals surface area (Å²) >= 11 is 0. The fraction of sp³-hybridized carbons (Fsp3) is 0.435. The zero-order valence-corrected chi connectivity index (χ0v) is 19.4. The van der Waals surface area contributed by atoms with Crippen molar-refractivity contribution < 1.29 is 28.9 Å². The Balaban J connectivity index is 2.20. The summed E-state index contributed by atoms with van der Waals surface area (Å²) in [5.41, 5.74) is -0.812. The molecule has 34 heavy (non-hydrogen) atoms. The Bertz CT molecular complexity index is 1080. The highest BCUT2D eigenvalue weighted by molar-refractivity contribution is 5.70. The lowest BCUT2D eigenvalue weighted by atomic mass is 9.97. The molecule has 0 bridgehead atoms. The molecule has 0 spiro atoms. The number of piperidine rings is 1. The molecule has 1 amide bonds.